The molecule has 0 aliphatic carbocycles. The third kappa shape index (κ3) is 16.2. The molecule has 0 saturated carbocycles. The number of Topliss-reactive ketones (excluding diaryl/α,β-unsaturated/α-hetero) is 1. The van der Waals surface area contributed by atoms with Crippen molar-refractivity contribution in [3.63, 3.8) is 0 Å². The van der Waals surface area contributed by atoms with Crippen LogP contribution in [0, 0.1) is 5.92 Å². The van der Waals surface area contributed by atoms with Crippen LogP contribution in [0.1, 0.15) is 168 Å². The molecule has 2 aliphatic heterocycles. The highest BCUT2D eigenvalue weighted by molar-refractivity contribution is 5.83. The van der Waals surface area contributed by atoms with E-state index in [1.165, 1.54) is 71.1 Å². The first kappa shape index (κ1) is 37.2. The second kappa shape index (κ2) is 22.5. The number of carbonyl (C=O) groups is 2. The highest BCUT2D eigenvalue weighted by Gasteiger charge is 2.35. The molecule has 42 heavy (non-hydrogen) atoms. The smallest absolute Gasteiger partial charge is 0.309 e. The molecule has 7 heteroatoms. The van der Waals surface area contributed by atoms with Crippen LogP contribution < -0.4 is 0 Å². The van der Waals surface area contributed by atoms with Gasteiger partial charge < -0.3 is 29.6 Å². The average Bonchev–Trinajstić information content (AvgIpc) is 3.57. The number of hydrogen-bond donors (Lipinski definition) is 3. The maximum Gasteiger partial charge on any atom is 0.309 e. The number of carbonyl (C=O) groups excluding carboxylic acids is 2. The first-order valence-electron chi connectivity index (χ1n) is 17.7. The Hall–Kier alpha value is -1.02. The van der Waals surface area contributed by atoms with Crippen molar-refractivity contribution in [2.75, 3.05) is 0 Å². The molecule has 0 aromatic carbocycles. The van der Waals surface area contributed by atoms with E-state index in [1.54, 1.807) is 0 Å². The predicted octanol–water partition coefficient (Wildman–Crippen LogP) is 7.35. The van der Waals surface area contributed by atoms with Crippen LogP contribution in [0.2, 0.25) is 0 Å². The largest absolute Gasteiger partial charge is 0.462 e. The zero-order valence-corrected chi connectivity index (χ0v) is 27.0. The Morgan fingerprint density at radius 2 is 1.29 bits per heavy atom. The first-order chi connectivity index (χ1) is 20.3. The van der Waals surface area contributed by atoms with E-state index in [1.807, 2.05) is 0 Å². The Labute approximate surface area is 256 Å². The predicted molar refractivity (Wildman–Crippen MR) is 167 cm³/mol. The summed E-state index contributed by atoms with van der Waals surface area (Å²) in [5.41, 5.74) is 0. The fourth-order valence-corrected chi connectivity index (χ4v) is 6.67. The Kier molecular flexibility index (Phi) is 19.9. The second-order valence-electron chi connectivity index (χ2n) is 13.4. The van der Waals surface area contributed by atoms with Crippen molar-refractivity contribution in [3.8, 4) is 0 Å². The van der Waals surface area contributed by atoms with Crippen LogP contribution in [0.4, 0.5) is 0 Å². The van der Waals surface area contributed by atoms with Gasteiger partial charge in [-0.3, -0.25) is 4.79 Å². The molecule has 0 spiro atoms. The van der Waals surface area contributed by atoms with Crippen molar-refractivity contribution < 1.29 is 34.4 Å². The van der Waals surface area contributed by atoms with Gasteiger partial charge in [0.2, 0.25) is 0 Å². The Morgan fingerprint density at radius 3 is 1.90 bits per heavy atom. The van der Waals surface area contributed by atoms with Crippen LogP contribution in [0.15, 0.2) is 0 Å². The van der Waals surface area contributed by atoms with Gasteiger partial charge in [0, 0.05) is 6.42 Å². The molecule has 2 heterocycles. The van der Waals surface area contributed by atoms with Crippen LogP contribution in [0.25, 0.3) is 0 Å². The van der Waals surface area contributed by atoms with Crippen molar-refractivity contribution in [1.29, 1.82) is 0 Å². The molecule has 2 saturated heterocycles. The molecular formula is C35H64O7. The fraction of sp³-hybridized carbons (Fsp3) is 0.943. The van der Waals surface area contributed by atoms with Gasteiger partial charge in [0.15, 0.2) is 0 Å². The lowest BCUT2D eigenvalue weighted by atomic mass is 9.96. The lowest BCUT2D eigenvalue weighted by Crippen LogP contribution is -2.31. The lowest BCUT2D eigenvalue weighted by molar-refractivity contribution is -0.145. The lowest BCUT2D eigenvalue weighted by Gasteiger charge is -2.22. The number of hydrogen-bond acceptors (Lipinski definition) is 7. The van der Waals surface area contributed by atoms with E-state index in [9.17, 15) is 24.9 Å². The number of esters is 1. The minimum absolute atomic E-state index is 0.0383. The number of aliphatic hydroxyl groups excluding tert-OH is 3. The third-order valence-corrected chi connectivity index (χ3v) is 9.37. The van der Waals surface area contributed by atoms with Crippen molar-refractivity contribution in [3.05, 3.63) is 0 Å². The third-order valence-electron chi connectivity index (χ3n) is 9.37. The zero-order valence-electron chi connectivity index (χ0n) is 27.0. The second-order valence-corrected chi connectivity index (χ2v) is 13.4. The van der Waals surface area contributed by atoms with E-state index in [0.29, 0.717) is 32.1 Å². The highest BCUT2D eigenvalue weighted by atomic mass is 16.6. The van der Waals surface area contributed by atoms with E-state index in [-0.39, 0.29) is 36.0 Å². The van der Waals surface area contributed by atoms with Gasteiger partial charge in [0.25, 0.3) is 0 Å². The molecule has 0 bridgehead atoms. The van der Waals surface area contributed by atoms with Gasteiger partial charge in [-0.1, -0.05) is 96.8 Å². The minimum Gasteiger partial charge on any atom is -0.462 e. The van der Waals surface area contributed by atoms with Gasteiger partial charge in [0.05, 0.1) is 36.4 Å². The van der Waals surface area contributed by atoms with Crippen molar-refractivity contribution >= 4 is 11.8 Å². The first-order valence-corrected chi connectivity index (χ1v) is 17.7. The molecule has 7 nitrogen and oxygen atoms in total. The molecular weight excluding hydrogens is 532 g/mol. The zero-order chi connectivity index (χ0) is 30.6. The Balaban J connectivity index is 1.43. The van der Waals surface area contributed by atoms with E-state index in [0.717, 1.165) is 57.8 Å². The summed E-state index contributed by atoms with van der Waals surface area (Å²) < 4.78 is 11.5. The summed E-state index contributed by atoms with van der Waals surface area (Å²) >= 11 is 0. The molecule has 2 aliphatic rings. The van der Waals surface area contributed by atoms with Gasteiger partial charge in [-0.05, 0) is 64.7 Å². The summed E-state index contributed by atoms with van der Waals surface area (Å²) in [7, 11) is 0. The molecule has 0 unspecified atom stereocenters. The number of aliphatic hydroxyl groups is 3. The normalized spacial score (nSPS) is 24.5. The van der Waals surface area contributed by atoms with Gasteiger partial charge in [-0.2, -0.15) is 0 Å². The van der Waals surface area contributed by atoms with Gasteiger partial charge in [-0.25, -0.2) is 0 Å². The van der Waals surface area contributed by atoms with Gasteiger partial charge >= 0.3 is 5.97 Å². The van der Waals surface area contributed by atoms with Crippen LogP contribution in [-0.2, 0) is 19.1 Å². The van der Waals surface area contributed by atoms with Gasteiger partial charge in [-0.15, -0.1) is 0 Å². The number of ketones is 1. The summed E-state index contributed by atoms with van der Waals surface area (Å²) in [6.45, 7) is 3.78. The molecule has 0 aromatic rings. The van der Waals surface area contributed by atoms with Crippen LogP contribution in [-0.4, -0.2) is 63.7 Å². The van der Waals surface area contributed by atoms with Crippen LogP contribution in [0.3, 0.4) is 0 Å². The fourth-order valence-electron chi connectivity index (χ4n) is 6.67. The minimum atomic E-state index is -0.790. The summed E-state index contributed by atoms with van der Waals surface area (Å²) in [5.74, 6) is -0.441. The SMILES string of the molecule is CCCCCCCCCCCCCC[C@H](O)[C@@H](O)CC[C@H](O)[C@H]1CC[C@@H](CCCCC[C@@H]2C[C@@H](CC(C)=O)C(=O)O2)O1. The molecule has 2 rings (SSSR count). The summed E-state index contributed by atoms with van der Waals surface area (Å²) in [5, 5.41) is 31.4. The van der Waals surface area contributed by atoms with Crippen LogP contribution in [0.5, 0.6) is 0 Å². The van der Waals surface area contributed by atoms with Gasteiger partial charge in [0.1, 0.15) is 11.9 Å². The van der Waals surface area contributed by atoms with Crippen molar-refractivity contribution in [2.45, 2.75) is 205 Å². The topological polar surface area (TPSA) is 113 Å². The maximum absolute atomic E-state index is 11.9. The van der Waals surface area contributed by atoms with Crippen LogP contribution >= 0.6 is 0 Å². The molecule has 0 amide bonds. The molecule has 7 atom stereocenters. The number of cyclic esters (lactones) is 1. The molecule has 0 radical (unpaired) electrons. The van der Waals surface area contributed by atoms with E-state index >= 15 is 0 Å². The van der Waals surface area contributed by atoms with E-state index in [2.05, 4.69) is 6.92 Å². The Bertz CT molecular complexity index is 713. The van der Waals surface area contributed by atoms with E-state index in [4.69, 9.17) is 9.47 Å². The monoisotopic (exact) mass is 596 g/mol. The highest BCUT2D eigenvalue weighted by Crippen LogP contribution is 2.30. The van der Waals surface area contributed by atoms with E-state index < -0.39 is 18.3 Å². The average molecular weight is 597 g/mol. The summed E-state index contributed by atoms with van der Waals surface area (Å²) in [6.07, 6.45) is 22.2. The standard InChI is InChI=1S/C35H64O7/c1-3-4-5-6-7-8-9-10-11-12-13-17-20-31(37)32(38)22-23-33(39)34-24-21-29(41-34)18-15-14-16-19-30-26-28(25-27(2)36)35(40)42-30/h28-34,37-39H,3-26H2,1-2H3/t28-,29-,30-,31+,32+,33+,34-/m1/s1. The molecule has 0 aromatic heterocycles. The number of unbranched alkanes of at least 4 members (excludes halogenated alkanes) is 13. The quantitative estimate of drug-likeness (QED) is 0.0707. The van der Waals surface area contributed by atoms with Crippen molar-refractivity contribution in [1.82, 2.24) is 0 Å². The summed E-state index contributed by atoms with van der Waals surface area (Å²) in [4.78, 5) is 23.2. The molecule has 2 fully saturated rings. The number of ether oxygens (including phenoxy) is 2. The Morgan fingerprint density at radius 1 is 0.738 bits per heavy atom. The van der Waals surface area contributed by atoms with Crippen molar-refractivity contribution in [2.24, 2.45) is 5.92 Å². The molecule has 3 N–H and O–H groups in total. The molecule has 246 valence electrons. The summed E-state index contributed by atoms with van der Waals surface area (Å²) in [6, 6.07) is 0. The maximum atomic E-state index is 11.9. The number of rotatable bonds is 26.